The number of pyridine rings is 1. The zero-order valence-electron chi connectivity index (χ0n) is 6.50. The second-order valence-electron chi connectivity index (χ2n) is 2.28. The molecule has 1 rings (SSSR count). The van der Waals surface area contributed by atoms with E-state index in [9.17, 15) is 0 Å². The van der Waals surface area contributed by atoms with E-state index in [0.717, 1.165) is 10.2 Å². The molecular formula is C8H10BrN3. The quantitative estimate of drug-likeness (QED) is 0.468. The van der Waals surface area contributed by atoms with Gasteiger partial charge in [-0.2, -0.15) is 0 Å². The molecule has 12 heavy (non-hydrogen) atoms. The van der Waals surface area contributed by atoms with E-state index in [4.69, 9.17) is 5.84 Å². The smallest absolute Gasteiger partial charge is 0.0809 e. The summed E-state index contributed by atoms with van der Waals surface area (Å²) in [7, 11) is 0. The van der Waals surface area contributed by atoms with Crippen molar-refractivity contribution in [2.45, 2.75) is 6.04 Å². The molecule has 1 heterocycles. The molecule has 0 saturated heterocycles. The lowest BCUT2D eigenvalue weighted by Gasteiger charge is -2.09. The number of nitrogens with one attached hydrogen (secondary N) is 1. The molecule has 0 aromatic carbocycles. The highest BCUT2D eigenvalue weighted by atomic mass is 79.9. The van der Waals surface area contributed by atoms with E-state index in [2.05, 4.69) is 32.9 Å². The Balaban J connectivity index is 2.87. The van der Waals surface area contributed by atoms with E-state index in [0.29, 0.717) is 0 Å². The van der Waals surface area contributed by atoms with Gasteiger partial charge in [-0.3, -0.25) is 10.8 Å². The molecule has 0 amide bonds. The first-order valence-corrected chi connectivity index (χ1v) is 4.27. The number of rotatable bonds is 3. The van der Waals surface area contributed by atoms with Gasteiger partial charge in [0.1, 0.15) is 0 Å². The summed E-state index contributed by atoms with van der Waals surface area (Å²) in [5, 5.41) is 0. The summed E-state index contributed by atoms with van der Waals surface area (Å²) in [6.07, 6.45) is 3.43. The fraction of sp³-hybridized carbons (Fsp3) is 0.125. The van der Waals surface area contributed by atoms with Crippen molar-refractivity contribution in [1.29, 1.82) is 0 Å². The molecule has 1 unspecified atom stereocenters. The zero-order valence-corrected chi connectivity index (χ0v) is 8.08. The van der Waals surface area contributed by atoms with Gasteiger partial charge >= 0.3 is 0 Å². The van der Waals surface area contributed by atoms with E-state index in [1.54, 1.807) is 12.3 Å². The molecule has 1 aromatic heterocycles. The van der Waals surface area contributed by atoms with Crippen molar-refractivity contribution in [2.75, 3.05) is 0 Å². The third-order valence-electron chi connectivity index (χ3n) is 1.48. The molecule has 0 aliphatic rings. The van der Waals surface area contributed by atoms with Crippen molar-refractivity contribution >= 4 is 15.9 Å². The highest BCUT2D eigenvalue weighted by Crippen LogP contribution is 2.13. The number of aromatic nitrogens is 1. The Hall–Kier alpha value is -0.710. The van der Waals surface area contributed by atoms with Crippen LogP contribution in [0.4, 0.5) is 0 Å². The minimum atomic E-state index is -0.0851. The fourth-order valence-electron chi connectivity index (χ4n) is 0.845. The second kappa shape index (κ2) is 4.35. The van der Waals surface area contributed by atoms with Crippen LogP contribution in [0.2, 0.25) is 0 Å². The van der Waals surface area contributed by atoms with Gasteiger partial charge in [-0.05, 0) is 28.1 Å². The maximum absolute atomic E-state index is 5.28. The third kappa shape index (κ3) is 2.14. The van der Waals surface area contributed by atoms with E-state index in [1.165, 1.54) is 0 Å². The maximum atomic E-state index is 5.28. The van der Waals surface area contributed by atoms with Gasteiger partial charge in [0, 0.05) is 10.7 Å². The average Bonchev–Trinajstić information content (AvgIpc) is 2.10. The predicted molar refractivity (Wildman–Crippen MR) is 52.2 cm³/mol. The molecule has 0 radical (unpaired) electrons. The van der Waals surface area contributed by atoms with Crippen LogP contribution in [0.3, 0.4) is 0 Å². The first kappa shape index (κ1) is 9.38. The second-order valence-corrected chi connectivity index (χ2v) is 3.20. The number of hydrazine groups is 1. The van der Waals surface area contributed by atoms with Crippen molar-refractivity contribution in [3.63, 3.8) is 0 Å². The van der Waals surface area contributed by atoms with Gasteiger partial charge in [0.2, 0.25) is 0 Å². The van der Waals surface area contributed by atoms with E-state index in [1.807, 2.05) is 12.1 Å². The summed E-state index contributed by atoms with van der Waals surface area (Å²) in [6.45, 7) is 3.64. The van der Waals surface area contributed by atoms with Crippen LogP contribution >= 0.6 is 15.9 Å². The van der Waals surface area contributed by atoms with E-state index in [-0.39, 0.29) is 6.04 Å². The molecular weight excluding hydrogens is 218 g/mol. The lowest BCUT2D eigenvalue weighted by Crippen LogP contribution is -2.26. The van der Waals surface area contributed by atoms with Crippen molar-refractivity contribution in [2.24, 2.45) is 5.84 Å². The normalized spacial score (nSPS) is 12.5. The van der Waals surface area contributed by atoms with Gasteiger partial charge < -0.3 is 0 Å². The monoisotopic (exact) mass is 227 g/mol. The van der Waals surface area contributed by atoms with Crippen molar-refractivity contribution < 1.29 is 0 Å². The average molecular weight is 228 g/mol. The summed E-state index contributed by atoms with van der Waals surface area (Å²) in [6, 6.07) is 3.71. The topological polar surface area (TPSA) is 50.9 Å². The van der Waals surface area contributed by atoms with Crippen LogP contribution in [0.1, 0.15) is 11.7 Å². The van der Waals surface area contributed by atoms with Gasteiger partial charge in [0.15, 0.2) is 0 Å². The Morgan fingerprint density at radius 2 is 2.42 bits per heavy atom. The molecule has 0 saturated carbocycles. The highest BCUT2D eigenvalue weighted by Gasteiger charge is 2.04. The minimum absolute atomic E-state index is 0.0851. The van der Waals surface area contributed by atoms with Crippen LogP contribution in [0.25, 0.3) is 0 Å². The summed E-state index contributed by atoms with van der Waals surface area (Å²) >= 11 is 3.30. The Bertz CT molecular complexity index is 258. The highest BCUT2D eigenvalue weighted by molar-refractivity contribution is 9.10. The molecule has 4 heteroatoms. The fourth-order valence-corrected chi connectivity index (χ4v) is 1.08. The third-order valence-corrected chi connectivity index (χ3v) is 1.95. The zero-order chi connectivity index (χ0) is 8.97. The number of nitrogens with zero attached hydrogens (tertiary/aromatic N) is 1. The molecule has 0 aliphatic heterocycles. The minimum Gasteiger partial charge on any atom is -0.271 e. The molecule has 1 atom stereocenters. The molecule has 1 aromatic rings. The lowest BCUT2D eigenvalue weighted by atomic mass is 10.2. The van der Waals surface area contributed by atoms with Crippen LogP contribution in [0, 0.1) is 0 Å². The van der Waals surface area contributed by atoms with Crippen LogP contribution in [-0.4, -0.2) is 4.98 Å². The Morgan fingerprint density at radius 3 is 2.83 bits per heavy atom. The first-order chi connectivity index (χ1) is 5.77. The van der Waals surface area contributed by atoms with Gasteiger partial charge in [-0.15, -0.1) is 6.58 Å². The maximum Gasteiger partial charge on any atom is 0.0809 e. The Kier molecular flexibility index (Phi) is 3.40. The lowest BCUT2D eigenvalue weighted by molar-refractivity contribution is 0.639. The largest absolute Gasteiger partial charge is 0.271 e. The molecule has 3 N–H and O–H groups in total. The van der Waals surface area contributed by atoms with Crippen LogP contribution in [0.5, 0.6) is 0 Å². The van der Waals surface area contributed by atoms with Gasteiger partial charge in [0.25, 0.3) is 0 Å². The summed E-state index contributed by atoms with van der Waals surface area (Å²) in [5.74, 6) is 5.28. The SMILES string of the molecule is C=CC(NN)c1ccc(Br)cn1. The molecule has 0 bridgehead atoms. The van der Waals surface area contributed by atoms with Crippen molar-refractivity contribution in [1.82, 2.24) is 10.4 Å². The van der Waals surface area contributed by atoms with Gasteiger partial charge in [-0.1, -0.05) is 6.08 Å². The number of hydrogen-bond donors (Lipinski definition) is 2. The van der Waals surface area contributed by atoms with Crippen molar-refractivity contribution in [3.8, 4) is 0 Å². The van der Waals surface area contributed by atoms with Gasteiger partial charge in [-0.25, -0.2) is 5.43 Å². The van der Waals surface area contributed by atoms with E-state index >= 15 is 0 Å². The molecule has 0 aliphatic carbocycles. The van der Waals surface area contributed by atoms with Crippen LogP contribution in [-0.2, 0) is 0 Å². The van der Waals surface area contributed by atoms with E-state index < -0.39 is 0 Å². The Morgan fingerprint density at radius 1 is 1.67 bits per heavy atom. The predicted octanol–water partition coefficient (Wildman–Crippen LogP) is 1.53. The summed E-state index contributed by atoms with van der Waals surface area (Å²) in [4.78, 5) is 4.16. The molecule has 0 fully saturated rings. The number of halogens is 1. The summed E-state index contributed by atoms with van der Waals surface area (Å²) in [5.41, 5.74) is 3.45. The Labute approximate surface area is 79.8 Å². The van der Waals surface area contributed by atoms with Crippen LogP contribution < -0.4 is 11.3 Å². The summed E-state index contributed by atoms with van der Waals surface area (Å²) < 4.78 is 0.950. The number of nitrogens with two attached hydrogens (primary N) is 1. The van der Waals surface area contributed by atoms with Gasteiger partial charge in [0.05, 0.1) is 11.7 Å². The van der Waals surface area contributed by atoms with Crippen LogP contribution in [0.15, 0.2) is 35.5 Å². The molecule has 0 spiro atoms. The van der Waals surface area contributed by atoms with Crippen molar-refractivity contribution in [3.05, 3.63) is 41.2 Å². The molecule has 3 nitrogen and oxygen atoms in total. The standard InChI is InChI=1S/C8H10BrN3/c1-2-7(12-10)8-4-3-6(9)5-11-8/h2-5,7,12H,1,10H2. The molecule has 64 valence electrons. The number of hydrogen-bond acceptors (Lipinski definition) is 3. The first-order valence-electron chi connectivity index (χ1n) is 3.48.